The number of carbonyl (C=O) groups excluding carboxylic acids is 2. The van der Waals surface area contributed by atoms with Crippen LogP contribution in [0.3, 0.4) is 0 Å². The molecule has 5 heteroatoms. The molecule has 0 aliphatic rings. The van der Waals surface area contributed by atoms with Crippen molar-refractivity contribution in [3.63, 3.8) is 0 Å². The fourth-order valence-corrected chi connectivity index (χ4v) is 2.68. The number of benzene rings is 2. The highest BCUT2D eigenvalue weighted by molar-refractivity contribution is 5.97. The maximum Gasteiger partial charge on any atom is 0.338 e. The summed E-state index contributed by atoms with van der Waals surface area (Å²) in [6.45, 7) is 6.26. The fourth-order valence-electron chi connectivity index (χ4n) is 2.68. The van der Waals surface area contributed by atoms with Gasteiger partial charge in [0.1, 0.15) is 0 Å². The van der Waals surface area contributed by atoms with Gasteiger partial charge in [-0.25, -0.2) is 4.79 Å². The van der Waals surface area contributed by atoms with Gasteiger partial charge in [0.05, 0.1) is 12.2 Å². The summed E-state index contributed by atoms with van der Waals surface area (Å²) in [4.78, 5) is 24.7. The van der Waals surface area contributed by atoms with E-state index >= 15 is 0 Å². The van der Waals surface area contributed by atoms with Gasteiger partial charge in [-0.2, -0.15) is 0 Å². The first-order valence-electron chi connectivity index (χ1n) is 9.14. The van der Waals surface area contributed by atoms with Crippen molar-refractivity contribution in [2.75, 3.05) is 12.4 Å². The molecule has 0 aliphatic heterocycles. The molecule has 0 saturated carbocycles. The van der Waals surface area contributed by atoms with Crippen LogP contribution in [0.1, 0.15) is 54.6 Å². The summed E-state index contributed by atoms with van der Waals surface area (Å²) in [6, 6.07) is 14.6. The minimum Gasteiger partial charge on any atom is -0.449 e. The van der Waals surface area contributed by atoms with Crippen molar-refractivity contribution in [3.8, 4) is 0 Å². The molecule has 27 heavy (non-hydrogen) atoms. The molecule has 0 saturated heterocycles. The molecule has 2 aromatic carbocycles. The van der Waals surface area contributed by atoms with Gasteiger partial charge in [-0.3, -0.25) is 4.79 Å². The van der Waals surface area contributed by atoms with Gasteiger partial charge in [0, 0.05) is 12.8 Å². The van der Waals surface area contributed by atoms with Crippen molar-refractivity contribution in [2.45, 2.75) is 45.8 Å². The minimum atomic E-state index is -0.902. The second-order valence-electron chi connectivity index (χ2n) is 6.56. The zero-order valence-corrected chi connectivity index (χ0v) is 16.3. The lowest BCUT2D eigenvalue weighted by molar-refractivity contribution is -0.123. The van der Waals surface area contributed by atoms with Gasteiger partial charge < -0.3 is 14.8 Å². The van der Waals surface area contributed by atoms with Crippen LogP contribution in [-0.2, 0) is 20.9 Å². The smallest absolute Gasteiger partial charge is 0.338 e. The SMILES string of the molecule is CC[C@@H](C)c1ccccc1NC(=O)[C@@H](C)OC(=O)c1ccc(COC)cc1. The molecule has 5 nitrogen and oxygen atoms in total. The Hall–Kier alpha value is -2.66. The summed E-state index contributed by atoms with van der Waals surface area (Å²) >= 11 is 0. The molecule has 0 bridgehead atoms. The van der Waals surface area contributed by atoms with Gasteiger partial charge in [0.2, 0.25) is 0 Å². The van der Waals surface area contributed by atoms with Crippen LogP contribution >= 0.6 is 0 Å². The van der Waals surface area contributed by atoms with E-state index in [1.54, 1.807) is 38.3 Å². The summed E-state index contributed by atoms with van der Waals surface area (Å²) in [6.07, 6.45) is 0.0670. The molecule has 144 valence electrons. The van der Waals surface area contributed by atoms with Gasteiger partial charge in [-0.15, -0.1) is 0 Å². The number of amides is 1. The summed E-state index contributed by atoms with van der Waals surface area (Å²) < 4.78 is 10.4. The number of carbonyl (C=O) groups is 2. The zero-order valence-electron chi connectivity index (χ0n) is 16.3. The van der Waals surface area contributed by atoms with E-state index in [1.807, 2.05) is 24.3 Å². The second kappa shape index (κ2) is 9.88. The Labute approximate surface area is 160 Å². The molecule has 0 heterocycles. The molecule has 0 spiro atoms. The molecule has 1 amide bonds. The third-order valence-electron chi connectivity index (χ3n) is 4.52. The van der Waals surface area contributed by atoms with Gasteiger partial charge in [-0.05, 0) is 48.6 Å². The van der Waals surface area contributed by atoms with Crippen LogP contribution in [0.2, 0.25) is 0 Å². The highest BCUT2D eigenvalue weighted by atomic mass is 16.5. The topological polar surface area (TPSA) is 64.6 Å². The van der Waals surface area contributed by atoms with Crippen LogP contribution in [0.4, 0.5) is 5.69 Å². The Morgan fingerprint density at radius 3 is 2.33 bits per heavy atom. The molecule has 0 unspecified atom stereocenters. The Morgan fingerprint density at radius 1 is 1.04 bits per heavy atom. The maximum absolute atomic E-state index is 12.5. The molecule has 0 aliphatic carbocycles. The third kappa shape index (κ3) is 5.66. The van der Waals surface area contributed by atoms with Crippen molar-refractivity contribution >= 4 is 17.6 Å². The summed E-state index contributed by atoms with van der Waals surface area (Å²) in [7, 11) is 1.61. The molecule has 2 rings (SSSR count). The number of esters is 1. The summed E-state index contributed by atoms with van der Waals surface area (Å²) in [5.41, 5.74) is 3.18. The van der Waals surface area contributed by atoms with Crippen molar-refractivity contribution < 1.29 is 19.1 Å². The summed E-state index contributed by atoms with van der Waals surface area (Å²) in [5.74, 6) is -0.558. The molecular formula is C22H27NO4. The second-order valence-corrected chi connectivity index (χ2v) is 6.56. The lowest BCUT2D eigenvalue weighted by atomic mass is 9.97. The first kappa shape index (κ1) is 20.6. The van der Waals surface area contributed by atoms with Gasteiger partial charge in [-0.1, -0.05) is 44.2 Å². The van der Waals surface area contributed by atoms with Crippen LogP contribution in [0.5, 0.6) is 0 Å². The lowest BCUT2D eigenvalue weighted by Gasteiger charge is -2.18. The van der Waals surface area contributed by atoms with Crippen LogP contribution < -0.4 is 5.32 Å². The van der Waals surface area contributed by atoms with Crippen molar-refractivity contribution in [1.82, 2.24) is 0 Å². The third-order valence-corrected chi connectivity index (χ3v) is 4.52. The molecule has 2 aromatic rings. The molecule has 0 radical (unpaired) electrons. The number of para-hydroxylation sites is 1. The van der Waals surface area contributed by atoms with Crippen molar-refractivity contribution in [2.24, 2.45) is 0 Å². The minimum absolute atomic E-state index is 0.324. The number of methoxy groups -OCH3 is 1. The van der Waals surface area contributed by atoms with Gasteiger partial charge >= 0.3 is 5.97 Å². The average molecular weight is 369 g/mol. The standard InChI is InChI=1S/C22H27NO4/c1-5-15(2)19-8-6-7-9-20(19)23-21(24)16(3)27-22(25)18-12-10-17(11-13-18)14-26-4/h6-13,15-16H,5,14H2,1-4H3,(H,23,24)/t15-,16-/m1/s1. The van der Waals surface area contributed by atoms with Crippen molar-refractivity contribution in [1.29, 1.82) is 0 Å². The predicted molar refractivity (Wildman–Crippen MR) is 106 cm³/mol. The van der Waals surface area contributed by atoms with E-state index in [-0.39, 0.29) is 5.91 Å². The average Bonchev–Trinajstić information content (AvgIpc) is 2.68. The number of hydrogen-bond acceptors (Lipinski definition) is 4. The van der Waals surface area contributed by atoms with Crippen LogP contribution in [0.15, 0.2) is 48.5 Å². The van der Waals surface area contributed by atoms with Gasteiger partial charge in [0.15, 0.2) is 6.10 Å². The van der Waals surface area contributed by atoms with E-state index in [9.17, 15) is 9.59 Å². The largest absolute Gasteiger partial charge is 0.449 e. The predicted octanol–water partition coefficient (Wildman–Crippen LogP) is 4.53. The lowest BCUT2D eigenvalue weighted by Crippen LogP contribution is -2.30. The van der Waals surface area contributed by atoms with E-state index in [1.165, 1.54) is 0 Å². The van der Waals surface area contributed by atoms with Crippen molar-refractivity contribution in [3.05, 3.63) is 65.2 Å². The first-order valence-corrected chi connectivity index (χ1v) is 9.14. The van der Waals surface area contributed by atoms with E-state index in [4.69, 9.17) is 9.47 Å². The molecule has 2 atom stereocenters. The quantitative estimate of drug-likeness (QED) is 0.694. The monoisotopic (exact) mass is 369 g/mol. The number of hydrogen-bond donors (Lipinski definition) is 1. The first-order chi connectivity index (χ1) is 13.0. The molecule has 1 N–H and O–H groups in total. The molecule has 0 aromatic heterocycles. The number of ether oxygens (including phenoxy) is 2. The normalized spacial score (nSPS) is 12.9. The van der Waals surface area contributed by atoms with Gasteiger partial charge in [0.25, 0.3) is 5.91 Å². The Morgan fingerprint density at radius 2 is 1.70 bits per heavy atom. The van der Waals surface area contributed by atoms with E-state index in [2.05, 4.69) is 19.2 Å². The molecular weight excluding hydrogens is 342 g/mol. The Balaban J connectivity index is 2.00. The maximum atomic E-state index is 12.5. The highest BCUT2D eigenvalue weighted by Gasteiger charge is 2.20. The zero-order chi connectivity index (χ0) is 19.8. The Bertz CT molecular complexity index is 770. The van der Waals surface area contributed by atoms with E-state index in [0.717, 1.165) is 23.2 Å². The highest BCUT2D eigenvalue weighted by Crippen LogP contribution is 2.26. The Kier molecular flexibility index (Phi) is 7.55. The number of nitrogens with one attached hydrogen (secondary N) is 1. The van der Waals surface area contributed by atoms with E-state index in [0.29, 0.717) is 18.1 Å². The van der Waals surface area contributed by atoms with Crippen LogP contribution in [0, 0.1) is 0 Å². The molecule has 0 fully saturated rings. The number of anilines is 1. The number of rotatable bonds is 8. The summed E-state index contributed by atoms with van der Waals surface area (Å²) in [5, 5.41) is 2.88. The fraction of sp³-hybridized carbons (Fsp3) is 0.364. The van der Waals surface area contributed by atoms with E-state index < -0.39 is 12.1 Å². The van der Waals surface area contributed by atoms with Crippen LogP contribution in [0.25, 0.3) is 0 Å². The van der Waals surface area contributed by atoms with Crippen LogP contribution in [-0.4, -0.2) is 25.1 Å².